The molecule has 5 aromatic rings. The second kappa shape index (κ2) is 12.6. The van der Waals surface area contributed by atoms with Crippen molar-refractivity contribution in [2.24, 2.45) is 5.10 Å². The lowest BCUT2D eigenvalue weighted by Gasteiger charge is -2.11. The maximum atomic E-state index is 14.7. The van der Waals surface area contributed by atoms with Crippen LogP contribution in [0.2, 0.25) is 10.0 Å². The van der Waals surface area contributed by atoms with E-state index in [1.165, 1.54) is 24.4 Å². The molecule has 0 bridgehead atoms. The first-order valence-electron chi connectivity index (χ1n) is 12.3. The average molecular weight is 587 g/mol. The van der Waals surface area contributed by atoms with Crippen molar-refractivity contribution in [2.75, 3.05) is 10.7 Å². The van der Waals surface area contributed by atoms with Crippen molar-refractivity contribution in [3.05, 3.63) is 130 Å². The zero-order valence-electron chi connectivity index (χ0n) is 21.2. The van der Waals surface area contributed by atoms with Gasteiger partial charge in [0.25, 0.3) is 0 Å². The third-order valence-electron chi connectivity index (χ3n) is 5.86. The van der Waals surface area contributed by atoms with Crippen LogP contribution in [0.25, 0.3) is 11.4 Å². The highest BCUT2D eigenvalue weighted by molar-refractivity contribution is 6.33. The number of carbonyl (C=O) groups excluding carboxylic acids is 1. The Balaban J connectivity index is 1.35. The number of carbonyl (C=O) groups is 1. The van der Waals surface area contributed by atoms with E-state index >= 15 is 0 Å². The number of nitrogens with zero attached hydrogens (tertiary/aromatic N) is 4. The summed E-state index contributed by atoms with van der Waals surface area (Å²) in [6.45, 7) is 0. The van der Waals surface area contributed by atoms with Crippen molar-refractivity contribution in [3.8, 4) is 11.4 Å². The fourth-order valence-corrected chi connectivity index (χ4v) is 4.18. The molecule has 0 radical (unpaired) electrons. The summed E-state index contributed by atoms with van der Waals surface area (Å²) in [6.07, 6.45) is 0.211. The molecule has 1 unspecified atom stereocenters. The number of hydrogen-bond acceptors (Lipinski definition) is 8. The van der Waals surface area contributed by atoms with Crippen LogP contribution in [0.4, 0.5) is 22.0 Å². The highest BCUT2D eigenvalue weighted by Gasteiger charge is 2.19. The number of aliphatic hydroxyl groups is 1. The Morgan fingerprint density at radius 3 is 2.27 bits per heavy atom. The Morgan fingerprint density at radius 2 is 1.56 bits per heavy atom. The fraction of sp³-hybridized carbons (Fsp3) is 0.0333. The first-order chi connectivity index (χ1) is 19.9. The van der Waals surface area contributed by atoms with Crippen LogP contribution in [-0.4, -0.2) is 32.1 Å². The van der Waals surface area contributed by atoms with Gasteiger partial charge in [0, 0.05) is 16.3 Å². The number of Topliss-reactive ketones (excluding diaryl/α,β-unsaturated/α-hetero) is 1. The lowest BCUT2D eigenvalue weighted by Crippen LogP contribution is -2.12. The highest BCUT2D eigenvalue weighted by atomic mass is 35.5. The largest absolute Gasteiger partial charge is 0.380 e. The summed E-state index contributed by atoms with van der Waals surface area (Å²) in [6, 6.07) is 26.4. The minimum atomic E-state index is -1.29. The molecular formula is C30H21Cl2FN6O2. The van der Waals surface area contributed by atoms with Crippen LogP contribution in [0.1, 0.15) is 27.6 Å². The molecular weight excluding hydrogens is 566 g/mol. The molecule has 0 aliphatic heterocycles. The fourth-order valence-electron chi connectivity index (χ4n) is 3.81. The molecule has 1 heterocycles. The number of aromatic nitrogens is 3. The van der Waals surface area contributed by atoms with E-state index < -0.39 is 17.7 Å². The molecule has 0 fully saturated rings. The predicted octanol–water partition coefficient (Wildman–Crippen LogP) is 7.09. The molecule has 8 nitrogen and oxygen atoms in total. The van der Waals surface area contributed by atoms with Crippen molar-refractivity contribution in [3.63, 3.8) is 0 Å². The molecule has 0 aliphatic rings. The van der Waals surface area contributed by atoms with Gasteiger partial charge < -0.3 is 10.4 Å². The maximum absolute atomic E-state index is 14.7. The lowest BCUT2D eigenvalue weighted by molar-refractivity contribution is 0.0747. The molecule has 3 N–H and O–H groups in total. The predicted molar refractivity (Wildman–Crippen MR) is 158 cm³/mol. The van der Waals surface area contributed by atoms with Crippen LogP contribution in [0, 0.1) is 5.82 Å². The molecule has 0 aliphatic carbocycles. The van der Waals surface area contributed by atoms with E-state index in [9.17, 15) is 14.3 Å². The number of hydrazone groups is 1. The number of anilines is 3. The van der Waals surface area contributed by atoms with Gasteiger partial charge in [-0.15, -0.1) is 0 Å². The zero-order chi connectivity index (χ0) is 28.8. The first-order valence-corrected chi connectivity index (χ1v) is 13.0. The van der Waals surface area contributed by atoms with Crippen LogP contribution in [-0.2, 0) is 0 Å². The Morgan fingerprint density at radius 1 is 0.854 bits per heavy atom. The van der Waals surface area contributed by atoms with Gasteiger partial charge in [-0.25, -0.2) is 9.82 Å². The molecule has 0 saturated heterocycles. The summed E-state index contributed by atoms with van der Waals surface area (Å²) < 4.78 is 14.7. The summed E-state index contributed by atoms with van der Waals surface area (Å²) in [5, 5.41) is 18.4. The number of halogens is 3. The average Bonchev–Trinajstić information content (AvgIpc) is 2.98. The number of nitrogens with one attached hydrogen (secondary N) is 2. The molecule has 11 heteroatoms. The molecule has 1 aromatic heterocycles. The highest BCUT2D eigenvalue weighted by Crippen LogP contribution is 2.29. The molecule has 0 saturated carbocycles. The summed E-state index contributed by atoms with van der Waals surface area (Å²) >= 11 is 12.2. The summed E-state index contributed by atoms with van der Waals surface area (Å²) in [4.78, 5) is 25.5. The van der Waals surface area contributed by atoms with Gasteiger partial charge in [-0.1, -0.05) is 83.9 Å². The molecule has 0 spiro atoms. The van der Waals surface area contributed by atoms with Crippen molar-refractivity contribution < 1.29 is 14.3 Å². The third kappa shape index (κ3) is 6.90. The lowest BCUT2D eigenvalue weighted by atomic mass is 9.99. The zero-order valence-corrected chi connectivity index (χ0v) is 22.7. The normalized spacial score (nSPS) is 11.8. The van der Waals surface area contributed by atoms with Crippen LogP contribution in [0.3, 0.4) is 0 Å². The van der Waals surface area contributed by atoms with Gasteiger partial charge in [0.1, 0.15) is 11.9 Å². The third-order valence-corrected chi connectivity index (χ3v) is 6.43. The van der Waals surface area contributed by atoms with Gasteiger partial charge in [0.05, 0.1) is 16.8 Å². The van der Waals surface area contributed by atoms with Crippen LogP contribution in [0.15, 0.2) is 102 Å². The van der Waals surface area contributed by atoms with Gasteiger partial charge in [0.2, 0.25) is 11.9 Å². The number of benzene rings is 4. The van der Waals surface area contributed by atoms with Gasteiger partial charge in [-0.05, 0) is 47.5 Å². The van der Waals surface area contributed by atoms with E-state index in [1.54, 1.807) is 78.9 Å². The summed E-state index contributed by atoms with van der Waals surface area (Å²) in [5.41, 5.74) is 4.94. The number of rotatable bonds is 9. The van der Waals surface area contributed by atoms with Crippen molar-refractivity contribution in [1.82, 2.24) is 15.0 Å². The van der Waals surface area contributed by atoms with E-state index in [1.807, 2.05) is 0 Å². The first kappa shape index (κ1) is 27.9. The number of ketones is 1. The van der Waals surface area contributed by atoms with Gasteiger partial charge >= 0.3 is 0 Å². The standard InChI is InChI=1S/C30H21Cl2FN6O2/c31-21-13-15-22(16-14-21)35-29-36-28(25-23(32)7-4-8-24(25)33)37-30(38-29)39-34-17-18-9-11-20(12-10-18)27(41)26(40)19-5-2-1-3-6-19/h1-17,27,41H,(H2,35,36,37,38,39). The summed E-state index contributed by atoms with van der Waals surface area (Å²) in [7, 11) is 0. The molecule has 41 heavy (non-hydrogen) atoms. The Hall–Kier alpha value is -4.70. The minimum absolute atomic E-state index is 0.00122. The van der Waals surface area contributed by atoms with E-state index in [0.29, 0.717) is 27.4 Å². The molecule has 4 aromatic carbocycles. The van der Waals surface area contributed by atoms with Crippen LogP contribution >= 0.6 is 23.2 Å². The second-order valence-corrected chi connectivity index (χ2v) is 9.55. The van der Waals surface area contributed by atoms with E-state index in [4.69, 9.17) is 23.2 Å². The van der Waals surface area contributed by atoms with Crippen molar-refractivity contribution >= 4 is 52.8 Å². The second-order valence-electron chi connectivity index (χ2n) is 8.70. The Bertz CT molecular complexity index is 1680. The van der Waals surface area contributed by atoms with Crippen LogP contribution < -0.4 is 10.7 Å². The SMILES string of the molecule is O=C(c1ccccc1)C(O)c1ccc(C=NNc2nc(Nc3ccc(Cl)cc3)nc(-c3c(F)cccc3Cl)n2)cc1. The smallest absolute Gasteiger partial charge is 0.248 e. The van der Waals surface area contributed by atoms with E-state index in [-0.39, 0.29) is 28.3 Å². The Kier molecular flexibility index (Phi) is 8.59. The Labute approximate surface area is 244 Å². The number of aliphatic hydroxyl groups excluding tert-OH is 1. The van der Waals surface area contributed by atoms with E-state index in [2.05, 4.69) is 30.8 Å². The molecule has 0 amide bonds. The van der Waals surface area contributed by atoms with Gasteiger partial charge in [-0.3, -0.25) is 4.79 Å². The van der Waals surface area contributed by atoms with Gasteiger partial charge in [-0.2, -0.15) is 20.1 Å². The quantitative estimate of drug-likeness (QED) is 0.0959. The topological polar surface area (TPSA) is 112 Å². The van der Waals surface area contributed by atoms with E-state index in [0.717, 1.165) is 0 Å². The summed E-state index contributed by atoms with van der Waals surface area (Å²) in [5.74, 6) is -0.835. The van der Waals surface area contributed by atoms with Gasteiger partial charge in [0.15, 0.2) is 11.6 Å². The minimum Gasteiger partial charge on any atom is -0.380 e. The monoisotopic (exact) mass is 586 g/mol. The van der Waals surface area contributed by atoms with Crippen LogP contribution in [0.5, 0.6) is 0 Å². The molecule has 1 atom stereocenters. The van der Waals surface area contributed by atoms with Crippen molar-refractivity contribution in [1.29, 1.82) is 0 Å². The number of hydrogen-bond donors (Lipinski definition) is 3. The molecule has 5 rings (SSSR count). The molecule has 204 valence electrons. The van der Waals surface area contributed by atoms with Crippen molar-refractivity contribution in [2.45, 2.75) is 6.10 Å². The maximum Gasteiger partial charge on any atom is 0.248 e.